The van der Waals surface area contributed by atoms with Crippen LogP contribution in [0.2, 0.25) is 5.02 Å². The van der Waals surface area contributed by atoms with Crippen LogP contribution in [0.1, 0.15) is 24.5 Å². The van der Waals surface area contributed by atoms with Gasteiger partial charge in [0.05, 0.1) is 28.1 Å². The molecular weight excluding hydrogens is 324 g/mol. The van der Waals surface area contributed by atoms with Crippen molar-refractivity contribution in [1.29, 1.82) is 0 Å². The minimum atomic E-state index is -0.227. The minimum Gasteiger partial charge on any atom is -0.321 e. The highest BCUT2D eigenvalue weighted by Crippen LogP contribution is 2.38. The fourth-order valence-electron chi connectivity index (χ4n) is 2.23. The molecule has 0 spiro atoms. The zero-order valence-corrected chi connectivity index (χ0v) is 12.9. The lowest BCUT2D eigenvalue weighted by molar-refractivity contribution is -0.116. The first-order valence-electron chi connectivity index (χ1n) is 6.81. The van der Waals surface area contributed by atoms with E-state index in [1.54, 1.807) is 12.1 Å². The second-order valence-electron chi connectivity index (χ2n) is 5.22. The maximum absolute atomic E-state index is 12.2. The van der Waals surface area contributed by atoms with Gasteiger partial charge in [-0.25, -0.2) is 4.68 Å². The molecule has 1 aromatic carbocycles. The van der Waals surface area contributed by atoms with Gasteiger partial charge >= 0.3 is 0 Å². The number of benzene rings is 1. The molecule has 2 aromatic heterocycles. The van der Waals surface area contributed by atoms with Crippen molar-refractivity contribution in [2.24, 2.45) is 0 Å². The average Bonchev–Trinajstić information content (AvgIpc) is 3.06. The Balaban J connectivity index is 1.52. The van der Waals surface area contributed by atoms with E-state index in [1.165, 1.54) is 4.68 Å². The maximum atomic E-state index is 12.2. The van der Waals surface area contributed by atoms with Crippen LogP contribution in [0.4, 0.5) is 5.69 Å². The molecule has 1 fully saturated rings. The van der Waals surface area contributed by atoms with Crippen LogP contribution < -0.4 is 5.32 Å². The van der Waals surface area contributed by atoms with Gasteiger partial charge in [-0.05, 0) is 25.0 Å². The minimum absolute atomic E-state index is 0.0873. The van der Waals surface area contributed by atoms with Crippen LogP contribution >= 0.6 is 23.3 Å². The zero-order valence-electron chi connectivity index (χ0n) is 11.4. The predicted molar refractivity (Wildman–Crippen MR) is 83.1 cm³/mol. The standard InChI is InChI=1S/C13H11ClN6OS/c14-8-3-4-9-13(18-22-17-9)12(8)15-11(21)6-20-5-10(16-19-20)7-1-2-7/h3-5,7H,1-2,6H2,(H,15,21). The molecule has 1 saturated carbocycles. The van der Waals surface area contributed by atoms with E-state index in [-0.39, 0.29) is 12.5 Å². The van der Waals surface area contributed by atoms with Crippen molar-refractivity contribution in [2.75, 3.05) is 5.32 Å². The molecule has 1 aliphatic rings. The number of aromatic nitrogens is 5. The van der Waals surface area contributed by atoms with Crippen LogP contribution in [-0.2, 0) is 11.3 Å². The van der Waals surface area contributed by atoms with Crippen molar-refractivity contribution in [2.45, 2.75) is 25.3 Å². The number of carbonyl (C=O) groups excluding carboxylic acids is 1. The molecule has 0 aliphatic heterocycles. The molecule has 2 heterocycles. The van der Waals surface area contributed by atoms with E-state index >= 15 is 0 Å². The van der Waals surface area contributed by atoms with Gasteiger partial charge in [-0.3, -0.25) is 4.79 Å². The van der Waals surface area contributed by atoms with Gasteiger partial charge in [0.15, 0.2) is 0 Å². The molecule has 9 heteroatoms. The molecule has 1 aliphatic carbocycles. The molecule has 22 heavy (non-hydrogen) atoms. The predicted octanol–water partition coefficient (Wildman–Crippen LogP) is 2.45. The van der Waals surface area contributed by atoms with Gasteiger partial charge < -0.3 is 5.32 Å². The molecule has 1 amide bonds. The molecule has 0 atom stereocenters. The number of nitrogens with zero attached hydrogens (tertiary/aromatic N) is 5. The summed E-state index contributed by atoms with van der Waals surface area (Å²) in [5.74, 6) is 0.288. The Morgan fingerprint density at radius 2 is 2.27 bits per heavy atom. The Morgan fingerprint density at radius 1 is 1.41 bits per heavy atom. The van der Waals surface area contributed by atoms with Crippen LogP contribution in [-0.4, -0.2) is 29.6 Å². The number of carbonyl (C=O) groups is 1. The summed E-state index contributed by atoms with van der Waals surface area (Å²) in [6.07, 6.45) is 4.13. The normalized spacial score (nSPS) is 14.4. The second kappa shape index (κ2) is 5.29. The first kappa shape index (κ1) is 13.6. The number of anilines is 1. The number of rotatable bonds is 4. The Labute approximate surface area is 134 Å². The summed E-state index contributed by atoms with van der Waals surface area (Å²) in [6, 6.07) is 3.47. The van der Waals surface area contributed by atoms with E-state index in [0.717, 1.165) is 30.3 Å². The van der Waals surface area contributed by atoms with E-state index in [9.17, 15) is 4.79 Å². The van der Waals surface area contributed by atoms with Crippen molar-refractivity contribution in [3.8, 4) is 0 Å². The molecule has 0 radical (unpaired) electrons. The average molecular weight is 335 g/mol. The summed E-state index contributed by atoms with van der Waals surface area (Å²) in [5, 5.41) is 11.3. The molecule has 1 N–H and O–H groups in total. The molecule has 0 saturated heterocycles. The highest BCUT2D eigenvalue weighted by Gasteiger charge is 2.26. The molecular formula is C13H11ClN6OS. The van der Waals surface area contributed by atoms with E-state index in [4.69, 9.17) is 11.6 Å². The molecule has 4 rings (SSSR count). The van der Waals surface area contributed by atoms with E-state index in [2.05, 4.69) is 24.4 Å². The zero-order chi connectivity index (χ0) is 15.1. The number of nitrogens with one attached hydrogen (secondary N) is 1. The van der Waals surface area contributed by atoms with Crippen LogP contribution in [0.3, 0.4) is 0 Å². The van der Waals surface area contributed by atoms with Crippen LogP contribution in [0.5, 0.6) is 0 Å². The molecule has 112 valence electrons. The molecule has 3 aromatic rings. The monoisotopic (exact) mass is 334 g/mol. The van der Waals surface area contributed by atoms with Gasteiger partial charge in [-0.2, -0.15) is 8.75 Å². The van der Waals surface area contributed by atoms with Crippen molar-refractivity contribution in [3.05, 3.63) is 29.0 Å². The summed E-state index contributed by atoms with van der Waals surface area (Å²) >= 11 is 7.23. The third-order valence-corrected chi connectivity index (χ3v) is 4.36. The Kier molecular flexibility index (Phi) is 3.27. The Morgan fingerprint density at radius 3 is 3.09 bits per heavy atom. The largest absolute Gasteiger partial charge is 0.321 e. The van der Waals surface area contributed by atoms with Gasteiger partial charge in [0.25, 0.3) is 0 Å². The topological polar surface area (TPSA) is 85.6 Å². The summed E-state index contributed by atoms with van der Waals surface area (Å²) in [6.45, 7) is 0.0873. The number of amides is 1. The number of hydrogen-bond donors (Lipinski definition) is 1. The Hall–Kier alpha value is -2.06. The molecule has 0 unspecified atom stereocenters. The van der Waals surface area contributed by atoms with Crippen molar-refractivity contribution in [3.63, 3.8) is 0 Å². The van der Waals surface area contributed by atoms with Gasteiger partial charge in [0.2, 0.25) is 5.91 Å². The van der Waals surface area contributed by atoms with Crippen molar-refractivity contribution in [1.82, 2.24) is 23.7 Å². The summed E-state index contributed by atoms with van der Waals surface area (Å²) in [5.41, 5.74) is 2.75. The first-order chi connectivity index (χ1) is 10.7. The number of hydrogen-bond acceptors (Lipinski definition) is 6. The van der Waals surface area contributed by atoms with Crippen LogP contribution in [0.15, 0.2) is 18.3 Å². The van der Waals surface area contributed by atoms with Gasteiger partial charge in [0.1, 0.15) is 17.6 Å². The van der Waals surface area contributed by atoms with Crippen LogP contribution in [0.25, 0.3) is 11.0 Å². The van der Waals surface area contributed by atoms with Crippen LogP contribution in [0, 0.1) is 0 Å². The Bertz CT molecular complexity index is 855. The van der Waals surface area contributed by atoms with E-state index in [1.807, 2.05) is 6.20 Å². The molecule has 0 bridgehead atoms. The summed E-state index contributed by atoms with van der Waals surface area (Å²) < 4.78 is 9.84. The number of halogens is 1. The van der Waals surface area contributed by atoms with Crippen molar-refractivity contribution < 1.29 is 4.79 Å². The lowest BCUT2D eigenvalue weighted by Crippen LogP contribution is -2.19. The fourth-order valence-corrected chi connectivity index (χ4v) is 2.97. The fraction of sp³-hybridized carbons (Fsp3) is 0.308. The van der Waals surface area contributed by atoms with E-state index in [0.29, 0.717) is 27.7 Å². The second-order valence-corrected chi connectivity index (χ2v) is 6.15. The van der Waals surface area contributed by atoms with Gasteiger partial charge in [0, 0.05) is 12.1 Å². The lowest BCUT2D eigenvalue weighted by atomic mass is 10.2. The summed E-state index contributed by atoms with van der Waals surface area (Å²) in [7, 11) is 0. The number of fused-ring (bicyclic) bond motifs is 1. The maximum Gasteiger partial charge on any atom is 0.246 e. The lowest BCUT2D eigenvalue weighted by Gasteiger charge is -2.07. The quantitative estimate of drug-likeness (QED) is 0.792. The summed E-state index contributed by atoms with van der Waals surface area (Å²) in [4.78, 5) is 12.2. The smallest absolute Gasteiger partial charge is 0.246 e. The van der Waals surface area contributed by atoms with Crippen molar-refractivity contribution >= 4 is 46.0 Å². The first-order valence-corrected chi connectivity index (χ1v) is 7.92. The third kappa shape index (κ3) is 2.55. The SMILES string of the molecule is O=C(Cn1cc(C2CC2)nn1)Nc1c(Cl)ccc2nsnc12. The van der Waals surface area contributed by atoms with E-state index < -0.39 is 0 Å². The van der Waals surface area contributed by atoms with Gasteiger partial charge in [-0.15, -0.1) is 5.10 Å². The highest BCUT2D eigenvalue weighted by molar-refractivity contribution is 7.00. The molecule has 7 nitrogen and oxygen atoms in total. The highest BCUT2D eigenvalue weighted by atomic mass is 35.5. The third-order valence-electron chi connectivity index (χ3n) is 3.50. The van der Waals surface area contributed by atoms with Gasteiger partial charge in [-0.1, -0.05) is 16.8 Å².